The summed E-state index contributed by atoms with van der Waals surface area (Å²) in [6.45, 7) is 0. The molecule has 0 radical (unpaired) electrons. The zero-order valence-corrected chi connectivity index (χ0v) is 13.7. The molecule has 1 N–H and O–H groups in total. The summed E-state index contributed by atoms with van der Waals surface area (Å²) < 4.78 is 1.54. The molecule has 0 saturated carbocycles. The van der Waals surface area contributed by atoms with Crippen molar-refractivity contribution >= 4 is 23.1 Å². The Kier molecular flexibility index (Phi) is 3.74. The van der Waals surface area contributed by atoms with Gasteiger partial charge in [0.2, 0.25) is 0 Å². The van der Waals surface area contributed by atoms with E-state index in [0.717, 1.165) is 11.3 Å². The Morgan fingerprint density at radius 2 is 1.72 bits per heavy atom. The number of nitrogens with one attached hydrogen (secondary N) is 1. The minimum Gasteiger partial charge on any atom is -0.344 e. The summed E-state index contributed by atoms with van der Waals surface area (Å²) in [4.78, 5) is 24.7. The van der Waals surface area contributed by atoms with E-state index < -0.39 is 0 Å². The predicted octanol–water partition coefficient (Wildman–Crippen LogP) is 3.49. The first-order valence-electron chi connectivity index (χ1n) is 7.97. The molecule has 2 aromatic carbocycles. The molecule has 5 heteroatoms. The van der Waals surface area contributed by atoms with Crippen molar-refractivity contribution < 1.29 is 0 Å². The van der Waals surface area contributed by atoms with Crippen LogP contribution in [0.1, 0.15) is 11.6 Å². The molecule has 5 nitrogen and oxygen atoms in total. The molecule has 2 aromatic heterocycles. The summed E-state index contributed by atoms with van der Waals surface area (Å²) in [5.74, 6) is 1.29. The highest BCUT2D eigenvalue weighted by Gasteiger charge is 2.06. The van der Waals surface area contributed by atoms with Crippen LogP contribution in [0.15, 0.2) is 65.6 Å². The number of nitrogens with zero attached hydrogens (tertiary/aromatic N) is 3. The largest absolute Gasteiger partial charge is 0.344 e. The van der Waals surface area contributed by atoms with Gasteiger partial charge in [0.05, 0.1) is 16.6 Å². The van der Waals surface area contributed by atoms with E-state index in [1.165, 1.54) is 0 Å². The number of H-pyrrole nitrogens is 1. The number of aromatic nitrogens is 4. The first kappa shape index (κ1) is 15.1. The van der Waals surface area contributed by atoms with E-state index >= 15 is 0 Å². The van der Waals surface area contributed by atoms with Crippen LogP contribution in [0.25, 0.3) is 34.3 Å². The molecule has 122 valence electrons. The average molecular weight is 328 g/mol. The van der Waals surface area contributed by atoms with Crippen molar-refractivity contribution in [3.63, 3.8) is 0 Å². The van der Waals surface area contributed by atoms with E-state index in [1.807, 2.05) is 60.8 Å². The normalized spacial score (nSPS) is 11.4. The molecule has 4 aromatic rings. The van der Waals surface area contributed by atoms with Gasteiger partial charge in [-0.05, 0) is 24.3 Å². The number of para-hydroxylation sites is 1. The quantitative estimate of drug-likeness (QED) is 0.626. The summed E-state index contributed by atoms with van der Waals surface area (Å²) in [6.07, 6.45) is 5.48. The van der Waals surface area contributed by atoms with Gasteiger partial charge >= 0.3 is 0 Å². The number of rotatable bonds is 3. The number of hydrogen-bond acceptors (Lipinski definition) is 3. The second kappa shape index (κ2) is 6.20. The lowest BCUT2D eigenvalue weighted by atomic mass is 10.2. The van der Waals surface area contributed by atoms with Gasteiger partial charge in [-0.15, -0.1) is 0 Å². The molecule has 0 fully saturated rings. The lowest BCUT2D eigenvalue weighted by molar-refractivity contribution is 0.828. The molecule has 0 atom stereocenters. The monoisotopic (exact) mass is 328 g/mol. The number of benzene rings is 2. The third-order valence-corrected chi connectivity index (χ3v) is 4.08. The maximum atomic E-state index is 12.4. The van der Waals surface area contributed by atoms with Crippen LogP contribution < -0.4 is 5.56 Å². The molecule has 0 bridgehead atoms. The van der Waals surface area contributed by atoms with Crippen molar-refractivity contribution in [2.45, 2.75) is 0 Å². The Hall–Kier alpha value is -3.47. The fourth-order valence-electron chi connectivity index (χ4n) is 2.72. The minimum absolute atomic E-state index is 0.0605. The Morgan fingerprint density at radius 3 is 2.56 bits per heavy atom. The number of aromatic amines is 1. The zero-order chi connectivity index (χ0) is 17.2. The van der Waals surface area contributed by atoms with Crippen molar-refractivity contribution in [3.8, 4) is 11.3 Å². The minimum atomic E-state index is -0.0605. The number of imidazole rings is 1. The molecule has 0 saturated heterocycles. The Balaban J connectivity index is 1.69. The maximum absolute atomic E-state index is 12.4. The topological polar surface area (TPSA) is 63.6 Å². The molecule has 0 spiro atoms. The van der Waals surface area contributed by atoms with Crippen molar-refractivity contribution in [2.75, 3.05) is 0 Å². The molecule has 4 rings (SSSR count). The molecule has 0 aliphatic heterocycles. The van der Waals surface area contributed by atoms with Crippen molar-refractivity contribution in [2.24, 2.45) is 7.05 Å². The first-order valence-corrected chi connectivity index (χ1v) is 7.97. The fourth-order valence-corrected chi connectivity index (χ4v) is 2.72. The average Bonchev–Trinajstić information content (AvgIpc) is 3.13. The molecular weight excluding hydrogens is 312 g/mol. The summed E-state index contributed by atoms with van der Waals surface area (Å²) in [6, 6.07) is 17.3. The fraction of sp³-hybridized carbons (Fsp3) is 0.0500. The van der Waals surface area contributed by atoms with E-state index in [4.69, 9.17) is 0 Å². The number of fused-ring (bicyclic) bond motifs is 1. The zero-order valence-electron chi connectivity index (χ0n) is 13.7. The van der Waals surface area contributed by atoms with Gasteiger partial charge in [-0.3, -0.25) is 9.36 Å². The van der Waals surface area contributed by atoms with E-state index in [1.54, 1.807) is 23.8 Å². The van der Waals surface area contributed by atoms with E-state index in [9.17, 15) is 4.79 Å². The van der Waals surface area contributed by atoms with Crippen molar-refractivity contribution in [1.82, 2.24) is 19.5 Å². The van der Waals surface area contributed by atoms with Crippen LogP contribution in [0.3, 0.4) is 0 Å². The molecule has 25 heavy (non-hydrogen) atoms. The van der Waals surface area contributed by atoms with Crippen LogP contribution in [0.2, 0.25) is 0 Å². The van der Waals surface area contributed by atoms with Crippen LogP contribution in [-0.4, -0.2) is 19.5 Å². The lowest BCUT2D eigenvalue weighted by Gasteiger charge is -2.05. The highest BCUT2D eigenvalue weighted by atomic mass is 16.1. The van der Waals surface area contributed by atoms with Gasteiger partial charge in [0.15, 0.2) is 0 Å². The smallest absolute Gasteiger partial charge is 0.261 e. The van der Waals surface area contributed by atoms with Crippen LogP contribution in [0, 0.1) is 0 Å². The summed E-state index contributed by atoms with van der Waals surface area (Å²) in [5.41, 5.74) is 2.56. The highest BCUT2D eigenvalue weighted by Crippen LogP contribution is 2.17. The van der Waals surface area contributed by atoms with Crippen molar-refractivity contribution in [3.05, 3.63) is 82.8 Å². The van der Waals surface area contributed by atoms with Crippen molar-refractivity contribution in [1.29, 1.82) is 0 Å². The van der Waals surface area contributed by atoms with E-state index in [0.29, 0.717) is 22.6 Å². The standard InChI is InChI=1S/C20H16N4O/c1-24-19(23-16-10-6-5-9-15(16)20(24)25)12-11-18-21-13-17(22-18)14-7-3-2-4-8-14/h2-13H,1H3,(H,21,22). The third-order valence-electron chi connectivity index (χ3n) is 4.08. The third kappa shape index (κ3) is 2.87. The van der Waals surface area contributed by atoms with Crippen LogP contribution in [-0.2, 0) is 7.05 Å². The number of hydrogen-bond donors (Lipinski definition) is 1. The lowest BCUT2D eigenvalue weighted by Crippen LogP contribution is -2.20. The second-order valence-electron chi connectivity index (χ2n) is 5.72. The summed E-state index contributed by atoms with van der Waals surface area (Å²) in [5, 5.41) is 0.617. The van der Waals surface area contributed by atoms with Crippen LogP contribution in [0.5, 0.6) is 0 Å². The maximum Gasteiger partial charge on any atom is 0.261 e. The van der Waals surface area contributed by atoms with Gasteiger partial charge in [-0.2, -0.15) is 0 Å². The molecule has 0 unspecified atom stereocenters. The Labute approximate surface area is 144 Å². The van der Waals surface area contributed by atoms with Gasteiger partial charge in [0, 0.05) is 18.8 Å². The van der Waals surface area contributed by atoms with Crippen LogP contribution in [0.4, 0.5) is 0 Å². The highest BCUT2D eigenvalue weighted by molar-refractivity contribution is 5.79. The van der Waals surface area contributed by atoms with E-state index in [-0.39, 0.29) is 5.56 Å². The Morgan fingerprint density at radius 1 is 0.960 bits per heavy atom. The Bertz CT molecular complexity index is 1120. The first-order chi connectivity index (χ1) is 12.2. The second-order valence-corrected chi connectivity index (χ2v) is 5.72. The van der Waals surface area contributed by atoms with Gasteiger partial charge in [-0.1, -0.05) is 42.5 Å². The van der Waals surface area contributed by atoms with E-state index in [2.05, 4.69) is 15.0 Å². The predicted molar refractivity (Wildman–Crippen MR) is 99.9 cm³/mol. The van der Waals surface area contributed by atoms with Gasteiger partial charge in [-0.25, -0.2) is 9.97 Å². The SMILES string of the molecule is Cn1c(C=Cc2nc(-c3ccccc3)c[nH]2)nc2ccccc2c1=O. The summed E-state index contributed by atoms with van der Waals surface area (Å²) in [7, 11) is 1.72. The molecule has 2 heterocycles. The van der Waals surface area contributed by atoms with Gasteiger partial charge in [0.1, 0.15) is 11.6 Å². The summed E-state index contributed by atoms with van der Waals surface area (Å²) >= 11 is 0. The van der Waals surface area contributed by atoms with Gasteiger partial charge < -0.3 is 4.98 Å². The molecule has 0 amide bonds. The van der Waals surface area contributed by atoms with Crippen LogP contribution >= 0.6 is 0 Å². The molecule has 0 aliphatic rings. The molecule has 0 aliphatic carbocycles. The molecular formula is C20H16N4O. The van der Waals surface area contributed by atoms with Gasteiger partial charge in [0.25, 0.3) is 5.56 Å².